The van der Waals surface area contributed by atoms with Crippen LogP contribution in [0.1, 0.15) is 18.9 Å². The minimum Gasteiger partial charge on any atom is -0.393 e. The summed E-state index contributed by atoms with van der Waals surface area (Å²) in [5.41, 5.74) is 2.29. The molecule has 78 valence electrons. The van der Waals surface area contributed by atoms with Crippen molar-refractivity contribution in [2.24, 2.45) is 0 Å². The molecule has 0 aliphatic carbocycles. The first-order valence-corrected chi connectivity index (χ1v) is 5.28. The molecule has 1 aromatic carbocycles. The molecule has 0 saturated carbocycles. The van der Waals surface area contributed by atoms with Gasteiger partial charge in [-0.15, -0.1) is 0 Å². The van der Waals surface area contributed by atoms with Crippen LogP contribution in [-0.4, -0.2) is 16.2 Å². The second-order valence-corrected chi connectivity index (χ2v) is 3.87. The van der Waals surface area contributed by atoms with Crippen molar-refractivity contribution < 1.29 is 5.11 Å². The summed E-state index contributed by atoms with van der Waals surface area (Å²) in [6, 6.07) is 10.2. The number of aryl methyl sites for hydroxylation is 1. The van der Waals surface area contributed by atoms with Crippen LogP contribution in [0.5, 0.6) is 0 Å². The summed E-state index contributed by atoms with van der Waals surface area (Å²) in [6.45, 7) is 1.82. The van der Waals surface area contributed by atoms with Gasteiger partial charge in [-0.3, -0.25) is 4.98 Å². The molecule has 1 aromatic heterocycles. The van der Waals surface area contributed by atoms with Gasteiger partial charge in [-0.25, -0.2) is 0 Å². The van der Waals surface area contributed by atoms with Gasteiger partial charge < -0.3 is 5.11 Å². The van der Waals surface area contributed by atoms with E-state index in [1.54, 1.807) is 6.20 Å². The van der Waals surface area contributed by atoms with Gasteiger partial charge in [-0.05, 0) is 37.5 Å². The summed E-state index contributed by atoms with van der Waals surface area (Å²) in [6.07, 6.45) is 3.27. The number of hydrogen-bond donors (Lipinski definition) is 1. The molecule has 2 rings (SSSR count). The molecule has 1 N–H and O–H groups in total. The highest BCUT2D eigenvalue weighted by atomic mass is 16.3. The zero-order valence-corrected chi connectivity index (χ0v) is 8.85. The van der Waals surface area contributed by atoms with Crippen LogP contribution in [0, 0.1) is 0 Å². The van der Waals surface area contributed by atoms with E-state index in [9.17, 15) is 5.11 Å². The zero-order valence-electron chi connectivity index (χ0n) is 8.85. The first kappa shape index (κ1) is 10.1. The van der Waals surface area contributed by atoms with Crippen molar-refractivity contribution in [3.8, 4) is 0 Å². The van der Waals surface area contributed by atoms with E-state index >= 15 is 0 Å². The van der Waals surface area contributed by atoms with E-state index in [2.05, 4.69) is 17.1 Å². The second-order valence-electron chi connectivity index (χ2n) is 3.87. The molecular weight excluding hydrogens is 186 g/mol. The number of aliphatic hydroxyl groups excluding tert-OH is 1. The number of nitrogens with zero attached hydrogens (tertiary/aromatic N) is 1. The molecule has 0 saturated heterocycles. The smallest absolute Gasteiger partial charge is 0.0704 e. The fourth-order valence-corrected chi connectivity index (χ4v) is 1.75. The van der Waals surface area contributed by atoms with E-state index in [4.69, 9.17) is 0 Å². The van der Waals surface area contributed by atoms with E-state index in [1.807, 2.05) is 25.1 Å². The quantitative estimate of drug-likeness (QED) is 0.827. The molecule has 2 aromatic rings. The monoisotopic (exact) mass is 201 g/mol. The molecule has 0 aliphatic heterocycles. The molecule has 1 heterocycles. The van der Waals surface area contributed by atoms with Gasteiger partial charge >= 0.3 is 0 Å². The average Bonchev–Trinajstić information content (AvgIpc) is 2.26. The van der Waals surface area contributed by atoms with E-state index in [0.29, 0.717) is 0 Å². The highest BCUT2D eigenvalue weighted by Gasteiger charge is 2.02. The predicted octanol–water partition coefficient (Wildman–Crippen LogP) is 2.55. The topological polar surface area (TPSA) is 33.1 Å². The van der Waals surface area contributed by atoms with Crippen molar-refractivity contribution in [2.45, 2.75) is 25.9 Å². The molecule has 15 heavy (non-hydrogen) atoms. The Morgan fingerprint density at radius 1 is 1.27 bits per heavy atom. The lowest BCUT2D eigenvalue weighted by atomic mass is 10.0. The molecular formula is C13H15NO. The first-order valence-electron chi connectivity index (χ1n) is 5.28. The Morgan fingerprint density at radius 3 is 2.93 bits per heavy atom. The molecule has 0 spiro atoms. The standard InChI is InChI=1S/C13H15NO/c1-10(15)7-8-11-4-2-6-13-12(11)5-3-9-14-13/h2-6,9-10,15H,7-8H2,1H3. The lowest BCUT2D eigenvalue weighted by Crippen LogP contribution is -2.01. The Labute approximate surface area is 89.6 Å². The number of benzene rings is 1. The van der Waals surface area contributed by atoms with Crippen LogP contribution in [0.25, 0.3) is 10.9 Å². The van der Waals surface area contributed by atoms with E-state index in [1.165, 1.54) is 10.9 Å². The highest BCUT2D eigenvalue weighted by molar-refractivity contribution is 5.81. The number of aromatic nitrogens is 1. The third kappa shape index (κ3) is 2.34. The van der Waals surface area contributed by atoms with Crippen molar-refractivity contribution >= 4 is 10.9 Å². The van der Waals surface area contributed by atoms with Gasteiger partial charge in [0.2, 0.25) is 0 Å². The van der Waals surface area contributed by atoms with Gasteiger partial charge in [-0.2, -0.15) is 0 Å². The Bertz CT molecular complexity index is 446. The van der Waals surface area contributed by atoms with Crippen molar-refractivity contribution in [1.82, 2.24) is 4.98 Å². The van der Waals surface area contributed by atoms with Crippen LogP contribution in [0.3, 0.4) is 0 Å². The normalized spacial score (nSPS) is 12.9. The lowest BCUT2D eigenvalue weighted by Gasteiger charge is -2.07. The molecule has 2 heteroatoms. The van der Waals surface area contributed by atoms with E-state index in [0.717, 1.165) is 18.4 Å². The summed E-state index contributed by atoms with van der Waals surface area (Å²) in [5.74, 6) is 0. The van der Waals surface area contributed by atoms with Crippen LogP contribution < -0.4 is 0 Å². The molecule has 2 nitrogen and oxygen atoms in total. The fraction of sp³-hybridized carbons (Fsp3) is 0.308. The van der Waals surface area contributed by atoms with Crippen molar-refractivity contribution in [1.29, 1.82) is 0 Å². The summed E-state index contributed by atoms with van der Waals surface area (Å²) in [5, 5.41) is 10.5. The second kappa shape index (κ2) is 4.41. The maximum absolute atomic E-state index is 9.27. The highest BCUT2D eigenvalue weighted by Crippen LogP contribution is 2.18. The van der Waals surface area contributed by atoms with Gasteiger partial charge in [0.25, 0.3) is 0 Å². The van der Waals surface area contributed by atoms with Crippen LogP contribution in [0.15, 0.2) is 36.5 Å². The summed E-state index contributed by atoms with van der Waals surface area (Å²) in [7, 11) is 0. The SMILES string of the molecule is CC(O)CCc1cccc2ncccc12. The van der Waals surface area contributed by atoms with Gasteiger partial charge in [0.05, 0.1) is 11.6 Å². The maximum Gasteiger partial charge on any atom is 0.0704 e. The third-order valence-electron chi connectivity index (χ3n) is 2.57. The molecule has 0 bridgehead atoms. The fourth-order valence-electron chi connectivity index (χ4n) is 1.75. The van der Waals surface area contributed by atoms with Crippen LogP contribution in [0.2, 0.25) is 0 Å². The van der Waals surface area contributed by atoms with E-state index in [-0.39, 0.29) is 6.10 Å². The van der Waals surface area contributed by atoms with Crippen LogP contribution in [0.4, 0.5) is 0 Å². The number of pyridine rings is 1. The van der Waals surface area contributed by atoms with Crippen molar-refractivity contribution in [3.05, 3.63) is 42.1 Å². The number of hydrogen-bond acceptors (Lipinski definition) is 2. The molecule has 0 radical (unpaired) electrons. The predicted molar refractivity (Wildman–Crippen MR) is 61.7 cm³/mol. The Kier molecular flexibility index (Phi) is 2.97. The molecule has 0 amide bonds. The Balaban J connectivity index is 2.34. The molecule has 0 aliphatic rings. The summed E-state index contributed by atoms with van der Waals surface area (Å²) in [4.78, 5) is 4.31. The van der Waals surface area contributed by atoms with Gasteiger partial charge in [0, 0.05) is 11.6 Å². The molecule has 1 atom stereocenters. The lowest BCUT2D eigenvalue weighted by molar-refractivity contribution is 0.185. The minimum atomic E-state index is -0.239. The van der Waals surface area contributed by atoms with Gasteiger partial charge in [-0.1, -0.05) is 18.2 Å². The van der Waals surface area contributed by atoms with Crippen molar-refractivity contribution in [2.75, 3.05) is 0 Å². The Morgan fingerprint density at radius 2 is 2.13 bits per heavy atom. The van der Waals surface area contributed by atoms with E-state index < -0.39 is 0 Å². The van der Waals surface area contributed by atoms with Gasteiger partial charge in [0.1, 0.15) is 0 Å². The van der Waals surface area contributed by atoms with Crippen LogP contribution >= 0.6 is 0 Å². The number of fused-ring (bicyclic) bond motifs is 1. The minimum absolute atomic E-state index is 0.239. The average molecular weight is 201 g/mol. The third-order valence-corrected chi connectivity index (χ3v) is 2.57. The maximum atomic E-state index is 9.27. The summed E-state index contributed by atoms with van der Waals surface area (Å²) >= 11 is 0. The zero-order chi connectivity index (χ0) is 10.7. The number of aliphatic hydroxyl groups is 1. The van der Waals surface area contributed by atoms with Crippen LogP contribution in [-0.2, 0) is 6.42 Å². The largest absolute Gasteiger partial charge is 0.393 e. The number of rotatable bonds is 3. The van der Waals surface area contributed by atoms with Crippen molar-refractivity contribution in [3.63, 3.8) is 0 Å². The molecule has 0 fully saturated rings. The first-order chi connectivity index (χ1) is 7.27. The van der Waals surface area contributed by atoms with Gasteiger partial charge in [0.15, 0.2) is 0 Å². The Hall–Kier alpha value is -1.41. The summed E-state index contributed by atoms with van der Waals surface area (Å²) < 4.78 is 0. The molecule has 1 unspecified atom stereocenters.